The number of carbonyl (C=O) groups is 2. The quantitative estimate of drug-likeness (QED) is 0.809. The Hall–Kier alpha value is -2.51. The number of rotatable bonds is 6. The van der Waals surface area contributed by atoms with Crippen molar-refractivity contribution in [1.29, 1.82) is 0 Å². The van der Waals surface area contributed by atoms with Gasteiger partial charge in [0, 0.05) is 31.1 Å². The van der Waals surface area contributed by atoms with Crippen LogP contribution in [0.1, 0.15) is 6.42 Å². The molecule has 0 saturated carbocycles. The topological polar surface area (TPSA) is 58.6 Å². The molecule has 1 aliphatic heterocycles. The average Bonchev–Trinajstić information content (AvgIpc) is 2.48. The Morgan fingerprint density at radius 1 is 1.29 bits per heavy atom. The summed E-state index contributed by atoms with van der Waals surface area (Å²) in [4.78, 5) is 24.8. The monoisotopic (exact) mass is 342 g/mol. The first-order chi connectivity index (χ1) is 11.3. The van der Waals surface area contributed by atoms with Gasteiger partial charge in [0.25, 0.3) is 0 Å². The van der Waals surface area contributed by atoms with Crippen molar-refractivity contribution in [2.45, 2.75) is 12.6 Å². The Bertz CT molecular complexity index is 608. The highest BCUT2D eigenvalue weighted by molar-refractivity contribution is 5.91. The zero-order valence-corrected chi connectivity index (χ0v) is 12.8. The average molecular weight is 342 g/mol. The van der Waals surface area contributed by atoms with Crippen molar-refractivity contribution < 1.29 is 27.5 Å². The first kappa shape index (κ1) is 17.8. The molecule has 1 saturated heterocycles. The number of likely N-dealkylation sites (tertiary alicyclic amines) is 1. The van der Waals surface area contributed by atoms with Gasteiger partial charge in [-0.1, -0.05) is 6.58 Å². The first-order valence-corrected chi connectivity index (χ1v) is 7.27. The lowest BCUT2D eigenvalue weighted by Crippen LogP contribution is -2.50. The molecule has 0 spiro atoms. The first-order valence-electron chi connectivity index (χ1n) is 7.27. The summed E-state index contributed by atoms with van der Waals surface area (Å²) in [7, 11) is 0. The van der Waals surface area contributed by atoms with Crippen molar-refractivity contribution in [3.63, 3.8) is 0 Å². The largest absolute Gasteiger partial charge is 0.484 e. The fraction of sp³-hybridized carbons (Fsp3) is 0.375. The van der Waals surface area contributed by atoms with E-state index in [-0.39, 0.29) is 29.9 Å². The molecule has 1 aromatic rings. The minimum Gasteiger partial charge on any atom is -0.484 e. The maximum Gasteiger partial charge on any atom is 0.422 e. The number of anilines is 1. The van der Waals surface area contributed by atoms with Crippen LogP contribution in [-0.2, 0) is 9.59 Å². The number of halogens is 3. The van der Waals surface area contributed by atoms with E-state index in [0.29, 0.717) is 18.8 Å². The molecule has 8 heteroatoms. The number of nitrogens with zero attached hydrogens (tertiary/aromatic N) is 1. The number of carbonyl (C=O) groups excluding carboxylic acids is 2. The lowest BCUT2D eigenvalue weighted by molar-refractivity contribution is -0.153. The molecular weight excluding hydrogens is 325 g/mol. The van der Waals surface area contributed by atoms with E-state index in [2.05, 4.69) is 16.6 Å². The van der Waals surface area contributed by atoms with Gasteiger partial charge in [0.05, 0.1) is 0 Å². The highest BCUT2D eigenvalue weighted by atomic mass is 19.4. The van der Waals surface area contributed by atoms with Gasteiger partial charge in [-0.2, -0.15) is 13.2 Å². The normalized spacial score (nSPS) is 14.7. The van der Waals surface area contributed by atoms with E-state index in [0.717, 1.165) is 0 Å². The van der Waals surface area contributed by atoms with E-state index >= 15 is 0 Å². The number of alkyl halides is 3. The third kappa shape index (κ3) is 5.29. The van der Waals surface area contributed by atoms with Gasteiger partial charge in [0.15, 0.2) is 6.61 Å². The summed E-state index contributed by atoms with van der Waals surface area (Å²) < 4.78 is 40.7. The second-order valence-electron chi connectivity index (χ2n) is 5.49. The van der Waals surface area contributed by atoms with Crippen molar-refractivity contribution in [2.75, 3.05) is 25.0 Å². The van der Waals surface area contributed by atoms with E-state index in [1.807, 2.05) is 0 Å². The zero-order valence-electron chi connectivity index (χ0n) is 12.8. The predicted octanol–water partition coefficient (Wildman–Crippen LogP) is 2.60. The van der Waals surface area contributed by atoms with Crippen LogP contribution < -0.4 is 10.1 Å². The molecule has 0 radical (unpaired) electrons. The molecule has 24 heavy (non-hydrogen) atoms. The van der Waals surface area contributed by atoms with Crippen LogP contribution in [0.15, 0.2) is 36.9 Å². The lowest BCUT2D eigenvalue weighted by Gasteiger charge is -2.38. The van der Waals surface area contributed by atoms with Crippen LogP contribution in [0, 0.1) is 5.92 Å². The summed E-state index contributed by atoms with van der Waals surface area (Å²) >= 11 is 0. The lowest BCUT2D eigenvalue weighted by atomic mass is 9.96. The standard InChI is InChI=1S/C16H17F3N2O3/c1-2-15(23)21-8-11(9-21)7-14(22)20-12-3-5-13(6-4-12)24-10-16(17,18)19/h2-6,11H,1,7-10H2,(H,20,22). The highest BCUT2D eigenvalue weighted by Crippen LogP contribution is 2.22. The molecule has 1 aliphatic rings. The molecule has 0 aliphatic carbocycles. The Balaban J connectivity index is 1.74. The minimum absolute atomic E-state index is 0.0721. The molecule has 0 atom stereocenters. The molecule has 2 rings (SSSR count). The molecule has 0 aromatic heterocycles. The second-order valence-corrected chi connectivity index (χ2v) is 5.49. The van der Waals surface area contributed by atoms with Crippen LogP contribution in [0.4, 0.5) is 18.9 Å². The number of hydrogen-bond donors (Lipinski definition) is 1. The Morgan fingerprint density at radius 2 is 1.92 bits per heavy atom. The maximum absolute atomic E-state index is 12.0. The van der Waals surface area contributed by atoms with Gasteiger partial charge >= 0.3 is 6.18 Å². The number of ether oxygens (including phenoxy) is 1. The number of hydrogen-bond acceptors (Lipinski definition) is 3. The van der Waals surface area contributed by atoms with Crippen molar-refractivity contribution in [3.8, 4) is 5.75 Å². The van der Waals surface area contributed by atoms with Gasteiger partial charge in [0.1, 0.15) is 5.75 Å². The number of nitrogens with one attached hydrogen (secondary N) is 1. The van der Waals surface area contributed by atoms with E-state index in [4.69, 9.17) is 0 Å². The summed E-state index contributed by atoms with van der Waals surface area (Å²) in [6.07, 6.45) is -2.89. The Morgan fingerprint density at radius 3 is 2.46 bits per heavy atom. The molecule has 1 aromatic carbocycles. The molecule has 1 N–H and O–H groups in total. The van der Waals surface area contributed by atoms with Gasteiger partial charge in [-0.05, 0) is 30.3 Å². The highest BCUT2D eigenvalue weighted by Gasteiger charge is 2.31. The fourth-order valence-corrected chi connectivity index (χ4v) is 2.28. The maximum atomic E-state index is 12.0. The second kappa shape index (κ2) is 7.37. The van der Waals surface area contributed by atoms with Crippen LogP contribution in [0.25, 0.3) is 0 Å². The van der Waals surface area contributed by atoms with E-state index in [9.17, 15) is 22.8 Å². The molecule has 1 fully saturated rings. The molecule has 0 bridgehead atoms. The smallest absolute Gasteiger partial charge is 0.422 e. The van der Waals surface area contributed by atoms with Gasteiger partial charge < -0.3 is 15.0 Å². The van der Waals surface area contributed by atoms with Gasteiger partial charge in [-0.15, -0.1) is 0 Å². The van der Waals surface area contributed by atoms with E-state index in [1.165, 1.54) is 30.3 Å². The van der Waals surface area contributed by atoms with Crippen molar-refractivity contribution in [1.82, 2.24) is 4.90 Å². The van der Waals surface area contributed by atoms with Gasteiger partial charge in [-0.3, -0.25) is 9.59 Å². The summed E-state index contributed by atoms with van der Waals surface area (Å²) in [6.45, 7) is 3.07. The van der Waals surface area contributed by atoms with Crippen LogP contribution in [0.5, 0.6) is 5.75 Å². The molecular formula is C16H17F3N2O3. The molecule has 0 unspecified atom stereocenters. The minimum atomic E-state index is -4.39. The third-order valence-electron chi connectivity index (χ3n) is 3.46. The fourth-order valence-electron chi connectivity index (χ4n) is 2.28. The van der Waals surface area contributed by atoms with Crippen LogP contribution in [0.2, 0.25) is 0 Å². The van der Waals surface area contributed by atoms with E-state index < -0.39 is 12.8 Å². The van der Waals surface area contributed by atoms with Crippen molar-refractivity contribution in [2.24, 2.45) is 5.92 Å². The van der Waals surface area contributed by atoms with Crippen LogP contribution in [0.3, 0.4) is 0 Å². The van der Waals surface area contributed by atoms with Crippen LogP contribution in [-0.4, -0.2) is 42.6 Å². The molecule has 1 heterocycles. The molecule has 2 amide bonds. The van der Waals surface area contributed by atoms with Crippen molar-refractivity contribution >= 4 is 17.5 Å². The Labute approximate surface area is 137 Å². The molecule has 130 valence electrons. The predicted molar refractivity (Wildman–Crippen MR) is 81.5 cm³/mol. The summed E-state index contributed by atoms with van der Waals surface area (Å²) in [6, 6.07) is 5.65. The number of benzene rings is 1. The van der Waals surface area contributed by atoms with Crippen LogP contribution >= 0.6 is 0 Å². The van der Waals surface area contributed by atoms with Gasteiger partial charge in [0.2, 0.25) is 11.8 Å². The van der Waals surface area contributed by atoms with E-state index in [1.54, 1.807) is 4.90 Å². The summed E-state index contributed by atoms with van der Waals surface area (Å²) in [5, 5.41) is 2.66. The summed E-state index contributed by atoms with van der Waals surface area (Å²) in [5.74, 6) is -0.193. The summed E-state index contributed by atoms with van der Waals surface area (Å²) in [5.41, 5.74) is 0.470. The Kier molecular flexibility index (Phi) is 5.48. The number of amides is 2. The van der Waals surface area contributed by atoms with Gasteiger partial charge in [-0.25, -0.2) is 0 Å². The van der Waals surface area contributed by atoms with Crippen molar-refractivity contribution in [3.05, 3.63) is 36.9 Å². The molecule has 5 nitrogen and oxygen atoms in total. The SMILES string of the molecule is C=CC(=O)N1CC(CC(=O)Nc2ccc(OCC(F)(F)F)cc2)C1. The zero-order chi connectivity index (χ0) is 17.7. The third-order valence-corrected chi connectivity index (χ3v) is 3.46.